The minimum atomic E-state index is -0.104. The molecule has 1 fully saturated rings. The molecule has 0 bridgehead atoms. The maximum atomic E-state index is 12.0. The van der Waals surface area contributed by atoms with Gasteiger partial charge in [0.1, 0.15) is 0 Å². The molecule has 2 amide bonds. The lowest BCUT2D eigenvalue weighted by Gasteiger charge is -2.16. The third kappa shape index (κ3) is 5.71. The maximum Gasteiger partial charge on any atom is 0.230 e. The first-order valence-corrected chi connectivity index (χ1v) is 9.00. The zero-order valence-electron chi connectivity index (χ0n) is 13.1. The van der Waals surface area contributed by atoms with Crippen LogP contribution >= 0.6 is 23.4 Å². The Morgan fingerprint density at radius 3 is 3.00 bits per heavy atom. The summed E-state index contributed by atoms with van der Waals surface area (Å²) in [6.45, 7) is 1.65. The Morgan fingerprint density at radius 2 is 2.26 bits per heavy atom. The molecular weight excluding hydrogens is 336 g/mol. The fourth-order valence-corrected chi connectivity index (χ4v) is 3.55. The molecule has 1 saturated heterocycles. The number of hydrogen-bond acceptors (Lipinski definition) is 4. The molecule has 1 aliphatic rings. The predicted octanol–water partition coefficient (Wildman–Crippen LogP) is 1.94. The van der Waals surface area contributed by atoms with Gasteiger partial charge in [0.05, 0.1) is 18.4 Å². The van der Waals surface area contributed by atoms with Gasteiger partial charge in [0.25, 0.3) is 0 Å². The third-order valence-corrected chi connectivity index (χ3v) is 4.94. The molecule has 0 aromatic heterocycles. The molecule has 126 valence electrons. The van der Waals surface area contributed by atoms with E-state index in [1.807, 2.05) is 24.3 Å². The van der Waals surface area contributed by atoms with Crippen LogP contribution in [0.3, 0.4) is 0 Å². The Bertz CT molecular complexity index is 556. The predicted molar refractivity (Wildman–Crippen MR) is 92.6 cm³/mol. The standard InChI is InChI=1S/C16H21ClN2O3S/c1-22-7-6-19-9-13(8-16(19)21)18-15(20)11-23-10-12-4-2-3-5-14(12)17/h2-5,13H,6-11H2,1H3,(H,18,20)/t13-/m1/s1. The number of hydrogen-bond donors (Lipinski definition) is 1. The molecule has 0 unspecified atom stereocenters. The van der Waals surface area contributed by atoms with Gasteiger partial charge in [0.2, 0.25) is 11.8 Å². The molecule has 1 aromatic carbocycles. The Hall–Kier alpha value is -1.24. The Labute approximate surface area is 145 Å². The summed E-state index contributed by atoms with van der Waals surface area (Å²) in [5.41, 5.74) is 1.02. The number of amides is 2. The lowest BCUT2D eigenvalue weighted by atomic mass is 10.2. The van der Waals surface area contributed by atoms with Gasteiger partial charge in [-0.1, -0.05) is 29.8 Å². The molecule has 1 aromatic rings. The summed E-state index contributed by atoms with van der Waals surface area (Å²) >= 11 is 7.60. The molecular formula is C16H21ClN2O3S. The lowest BCUT2D eigenvalue weighted by Crippen LogP contribution is -2.38. The van der Waals surface area contributed by atoms with Gasteiger partial charge in [0, 0.05) is 37.4 Å². The normalized spacial score (nSPS) is 17.6. The number of carbonyl (C=O) groups is 2. The Balaban J connectivity index is 1.69. The second kappa shape index (κ2) is 9.15. The third-order valence-electron chi connectivity index (χ3n) is 3.59. The Morgan fingerprint density at radius 1 is 1.48 bits per heavy atom. The average Bonchev–Trinajstić information content (AvgIpc) is 2.86. The van der Waals surface area contributed by atoms with Gasteiger partial charge >= 0.3 is 0 Å². The van der Waals surface area contributed by atoms with Crippen molar-refractivity contribution in [2.75, 3.05) is 32.6 Å². The highest BCUT2D eigenvalue weighted by molar-refractivity contribution is 7.99. The molecule has 1 atom stereocenters. The van der Waals surface area contributed by atoms with E-state index in [4.69, 9.17) is 16.3 Å². The van der Waals surface area contributed by atoms with E-state index in [1.54, 1.807) is 12.0 Å². The van der Waals surface area contributed by atoms with Crippen LogP contribution in [-0.2, 0) is 20.1 Å². The van der Waals surface area contributed by atoms with Crippen molar-refractivity contribution >= 4 is 35.2 Å². The van der Waals surface area contributed by atoms with Crippen LogP contribution in [0.1, 0.15) is 12.0 Å². The molecule has 0 radical (unpaired) electrons. The van der Waals surface area contributed by atoms with Crippen LogP contribution in [-0.4, -0.2) is 55.3 Å². The minimum absolute atomic E-state index is 0.0477. The number of halogens is 1. The monoisotopic (exact) mass is 356 g/mol. The number of likely N-dealkylation sites (tertiary alicyclic amines) is 1. The van der Waals surface area contributed by atoms with E-state index in [2.05, 4.69) is 5.32 Å². The summed E-state index contributed by atoms with van der Waals surface area (Å²) in [6, 6.07) is 7.51. The number of carbonyl (C=O) groups excluding carboxylic acids is 2. The van der Waals surface area contributed by atoms with Crippen molar-refractivity contribution in [1.82, 2.24) is 10.2 Å². The van der Waals surface area contributed by atoms with Crippen molar-refractivity contribution in [3.63, 3.8) is 0 Å². The van der Waals surface area contributed by atoms with Gasteiger partial charge in [-0.05, 0) is 11.6 Å². The van der Waals surface area contributed by atoms with E-state index in [0.717, 1.165) is 10.6 Å². The number of nitrogens with one attached hydrogen (secondary N) is 1. The Kier molecular flexibility index (Phi) is 7.20. The molecule has 2 rings (SSSR count). The van der Waals surface area contributed by atoms with Crippen LogP contribution in [0.15, 0.2) is 24.3 Å². The fraction of sp³-hybridized carbons (Fsp3) is 0.500. The van der Waals surface area contributed by atoms with Gasteiger partial charge in [-0.3, -0.25) is 9.59 Å². The zero-order chi connectivity index (χ0) is 16.7. The summed E-state index contributed by atoms with van der Waals surface area (Å²) in [5.74, 6) is 1.06. The van der Waals surface area contributed by atoms with Gasteiger partial charge in [0.15, 0.2) is 0 Å². The van der Waals surface area contributed by atoms with E-state index in [-0.39, 0.29) is 17.9 Å². The van der Waals surface area contributed by atoms with Crippen LogP contribution in [0.4, 0.5) is 0 Å². The summed E-state index contributed by atoms with van der Waals surface area (Å²) in [6.07, 6.45) is 0.366. The molecule has 7 heteroatoms. The smallest absolute Gasteiger partial charge is 0.230 e. The zero-order valence-corrected chi connectivity index (χ0v) is 14.7. The fourth-order valence-electron chi connectivity index (χ4n) is 2.42. The highest BCUT2D eigenvalue weighted by Crippen LogP contribution is 2.20. The summed E-state index contributed by atoms with van der Waals surface area (Å²) in [5, 5.41) is 3.64. The molecule has 1 heterocycles. The first-order chi connectivity index (χ1) is 11.1. The van der Waals surface area contributed by atoms with Gasteiger partial charge in [-0.25, -0.2) is 0 Å². The first-order valence-electron chi connectivity index (χ1n) is 7.47. The summed E-state index contributed by atoms with van der Waals surface area (Å²) in [7, 11) is 1.61. The highest BCUT2D eigenvalue weighted by atomic mass is 35.5. The number of benzene rings is 1. The van der Waals surface area contributed by atoms with E-state index >= 15 is 0 Å². The molecule has 0 aliphatic carbocycles. The average molecular weight is 357 g/mol. The van der Waals surface area contributed by atoms with Gasteiger partial charge < -0.3 is 15.0 Å². The van der Waals surface area contributed by atoms with Crippen molar-refractivity contribution in [3.8, 4) is 0 Å². The molecule has 1 aliphatic heterocycles. The van der Waals surface area contributed by atoms with Gasteiger partial charge in [-0.15, -0.1) is 11.8 Å². The molecule has 1 N–H and O–H groups in total. The second-order valence-corrected chi connectivity index (χ2v) is 6.78. The highest BCUT2D eigenvalue weighted by Gasteiger charge is 2.29. The van der Waals surface area contributed by atoms with Gasteiger partial charge in [-0.2, -0.15) is 0 Å². The van der Waals surface area contributed by atoms with Crippen LogP contribution < -0.4 is 5.32 Å². The van der Waals surface area contributed by atoms with Crippen molar-refractivity contribution < 1.29 is 14.3 Å². The van der Waals surface area contributed by atoms with Crippen molar-refractivity contribution in [2.24, 2.45) is 0 Å². The van der Waals surface area contributed by atoms with Crippen molar-refractivity contribution in [2.45, 2.75) is 18.2 Å². The number of methoxy groups -OCH3 is 1. The summed E-state index contributed by atoms with van der Waals surface area (Å²) < 4.78 is 4.98. The number of nitrogens with zero attached hydrogens (tertiary/aromatic N) is 1. The van der Waals surface area contributed by atoms with Crippen molar-refractivity contribution in [1.29, 1.82) is 0 Å². The maximum absolute atomic E-state index is 12.0. The number of ether oxygens (including phenoxy) is 1. The quantitative estimate of drug-likeness (QED) is 0.773. The molecule has 5 nitrogen and oxygen atoms in total. The first kappa shape index (κ1) is 18.1. The van der Waals surface area contributed by atoms with E-state index in [9.17, 15) is 9.59 Å². The number of thioether (sulfide) groups is 1. The van der Waals surface area contributed by atoms with E-state index in [1.165, 1.54) is 11.8 Å². The minimum Gasteiger partial charge on any atom is -0.383 e. The summed E-state index contributed by atoms with van der Waals surface area (Å²) in [4.78, 5) is 25.5. The largest absolute Gasteiger partial charge is 0.383 e. The van der Waals surface area contributed by atoms with Crippen molar-refractivity contribution in [3.05, 3.63) is 34.9 Å². The molecule has 0 spiro atoms. The van der Waals surface area contributed by atoms with Crippen LogP contribution in [0, 0.1) is 0 Å². The second-order valence-electron chi connectivity index (χ2n) is 5.39. The van der Waals surface area contributed by atoms with E-state index in [0.29, 0.717) is 37.6 Å². The van der Waals surface area contributed by atoms with Crippen LogP contribution in [0.5, 0.6) is 0 Å². The van der Waals surface area contributed by atoms with E-state index < -0.39 is 0 Å². The number of rotatable bonds is 8. The molecule has 0 saturated carbocycles. The van der Waals surface area contributed by atoms with Crippen LogP contribution in [0.2, 0.25) is 5.02 Å². The molecule has 23 heavy (non-hydrogen) atoms. The van der Waals surface area contributed by atoms with Crippen LogP contribution in [0.25, 0.3) is 0 Å². The topological polar surface area (TPSA) is 58.6 Å². The lowest BCUT2D eigenvalue weighted by molar-refractivity contribution is -0.128. The SMILES string of the molecule is COCCN1C[C@H](NC(=O)CSCc2ccccc2Cl)CC1=O.